The molecule has 5 heteroatoms. The highest BCUT2D eigenvalue weighted by molar-refractivity contribution is 8.00. The normalized spacial score (nSPS) is 47.5. The predicted octanol–water partition coefficient (Wildman–Crippen LogP) is 1.37. The molecule has 5 atom stereocenters. The van der Waals surface area contributed by atoms with E-state index in [1.807, 2.05) is 41.5 Å². The summed E-state index contributed by atoms with van der Waals surface area (Å²) in [4.78, 5) is -0.876. The molecule has 5 unspecified atom stereocenters. The van der Waals surface area contributed by atoms with Crippen LogP contribution in [0.3, 0.4) is 0 Å². The standard InChI is InChI=1S/C14H26O4S/c1-11(2,3)13-7-19-14(18-13,12(4,5)6)10(17)8(15)9(13)16/h8-10,15-17H,7H2,1-6H3. The zero-order valence-electron chi connectivity index (χ0n) is 12.6. The van der Waals surface area contributed by atoms with Crippen molar-refractivity contribution in [2.75, 3.05) is 5.75 Å². The molecule has 2 bridgehead atoms. The molecule has 0 spiro atoms. The molecule has 0 aromatic carbocycles. The maximum Gasteiger partial charge on any atom is 0.148 e. The van der Waals surface area contributed by atoms with Gasteiger partial charge in [0.05, 0.1) is 0 Å². The van der Waals surface area contributed by atoms with Crippen LogP contribution in [0.1, 0.15) is 41.5 Å². The second kappa shape index (κ2) is 4.10. The molecule has 112 valence electrons. The number of fused-ring (bicyclic) bond motifs is 2. The van der Waals surface area contributed by atoms with E-state index in [2.05, 4.69) is 0 Å². The smallest absolute Gasteiger partial charge is 0.148 e. The lowest BCUT2D eigenvalue weighted by Gasteiger charge is -2.56. The summed E-state index contributed by atoms with van der Waals surface area (Å²) in [6, 6.07) is 0. The quantitative estimate of drug-likeness (QED) is 0.629. The van der Waals surface area contributed by atoms with E-state index in [9.17, 15) is 15.3 Å². The third-order valence-corrected chi connectivity index (χ3v) is 6.60. The van der Waals surface area contributed by atoms with Crippen LogP contribution in [0.15, 0.2) is 0 Å². The zero-order chi connectivity index (χ0) is 14.9. The summed E-state index contributed by atoms with van der Waals surface area (Å²) < 4.78 is 6.30. The Morgan fingerprint density at radius 1 is 0.947 bits per heavy atom. The molecular weight excluding hydrogens is 264 g/mol. The third kappa shape index (κ3) is 1.82. The molecule has 0 saturated carbocycles. The Morgan fingerprint density at radius 3 is 1.89 bits per heavy atom. The van der Waals surface area contributed by atoms with Gasteiger partial charge in [0.2, 0.25) is 0 Å². The second-order valence-corrected chi connectivity index (χ2v) is 9.01. The summed E-state index contributed by atoms with van der Waals surface area (Å²) in [6.45, 7) is 12.0. The molecule has 2 saturated heterocycles. The first-order valence-corrected chi connectivity index (χ1v) is 7.76. The average Bonchev–Trinajstić information content (AvgIpc) is 2.63. The zero-order valence-corrected chi connectivity index (χ0v) is 13.4. The second-order valence-electron chi connectivity index (χ2n) is 7.83. The monoisotopic (exact) mass is 290 g/mol. The van der Waals surface area contributed by atoms with E-state index in [0.29, 0.717) is 5.75 Å². The molecule has 2 aliphatic rings. The van der Waals surface area contributed by atoms with Gasteiger partial charge in [-0.2, -0.15) is 0 Å². The van der Waals surface area contributed by atoms with Crippen LogP contribution < -0.4 is 0 Å². The van der Waals surface area contributed by atoms with Gasteiger partial charge in [0.25, 0.3) is 0 Å². The molecule has 0 aliphatic carbocycles. The van der Waals surface area contributed by atoms with Crippen LogP contribution in [0.25, 0.3) is 0 Å². The Bertz CT molecular complexity index is 339. The molecule has 2 rings (SSSR count). The minimum absolute atomic E-state index is 0.326. The third-order valence-electron chi connectivity index (χ3n) is 4.66. The summed E-state index contributed by atoms with van der Waals surface area (Å²) in [5.41, 5.74) is -1.50. The molecule has 0 amide bonds. The van der Waals surface area contributed by atoms with Crippen molar-refractivity contribution in [1.29, 1.82) is 0 Å². The van der Waals surface area contributed by atoms with E-state index in [0.717, 1.165) is 0 Å². The first-order valence-electron chi connectivity index (χ1n) is 6.77. The average molecular weight is 290 g/mol. The van der Waals surface area contributed by atoms with Crippen LogP contribution in [-0.4, -0.2) is 49.9 Å². The number of hydrogen-bond acceptors (Lipinski definition) is 5. The van der Waals surface area contributed by atoms with Crippen molar-refractivity contribution < 1.29 is 20.1 Å². The minimum atomic E-state index is -1.18. The highest BCUT2D eigenvalue weighted by Gasteiger charge is 2.71. The highest BCUT2D eigenvalue weighted by atomic mass is 32.2. The van der Waals surface area contributed by atoms with E-state index in [4.69, 9.17) is 4.74 Å². The van der Waals surface area contributed by atoms with E-state index >= 15 is 0 Å². The van der Waals surface area contributed by atoms with Crippen LogP contribution in [-0.2, 0) is 4.74 Å². The van der Waals surface area contributed by atoms with Crippen molar-refractivity contribution in [2.45, 2.75) is 70.4 Å². The Hall–Kier alpha value is 0.190. The van der Waals surface area contributed by atoms with Gasteiger partial charge in [-0.05, 0) is 5.41 Å². The number of ether oxygens (including phenoxy) is 1. The van der Waals surface area contributed by atoms with E-state index in [-0.39, 0.29) is 10.8 Å². The fourth-order valence-electron chi connectivity index (χ4n) is 3.14. The molecule has 2 aliphatic heterocycles. The summed E-state index contributed by atoms with van der Waals surface area (Å²) >= 11 is 1.52. The van der Waals surface area contributed by atoms with E-state index in [1.54, 1.807) is 0 Å². The van der Waals surface area contributed by atoms with Crippen LogP contribution >= 0.6 is 11.8 Å². The van der Waals surface area contributed by atoms with Gasteiger partial charge in [-0.15, -0.1) is 11.8 Å². The largest absolute Gasteiger partial charge is 0.387 e. The summed E-state index contributed by atoms with van der Waals surface area (Å²) in [6.07, 6.45) is -3.35. The molecule has 0 aromatic rings. The molecule has 2 fully saturated rings. The van der Waals surface area contributed by atoms with Gasteiger partial charge in [0.1, 0.15) is 28.8 Å². The Kier molecular flexibility index (Phi) is 3.36. The maximum absolute atomic E-state index is 10.5. The maximum atomic E-state index is 10.5. The molecule has 0 radical (unpaired) electrons. The first kappa shape index (κ1) is 15.6. The van der Waals surface area contributed by atoms with Crippen LogP contribution in [0.4, 0.5) is 0 Å². The van der Waals surface area contributed by atoms with Crippen molar-refractivity contribution in [3.63, 3.8) is 0 Å². The van der Waals surface area contributed by atoms with Gasteiger partial charge in [-0.3, -0.25) is 0 Å². The van der Waals surface area contributed by atoms with Gasteiger partial charge in [0.15, 0.2) is 0 Å². The first-order chi connectivity index (χ1) is 8.39. The molecule has 0 aromatic heterocycles. The van der Waals surface area contributed by atoms with Gasteiger partial charge in [0, 0.05) is 11.2 Å². The Morgan fingerprint density at radius 2 is 1.47 bits per heavy atom. The van der Waals surface area contributed by atoms with Crippen molar-refractivity contribution >= 4 is 11.8 Å². The molecule has 3 N–H and O–H groups in total. The van der Waals surface area contributed by atoms with Gasteiger partial charge >= 0.3 is 0 Å². The lowest BCUT2D eigenvalue weighted by atomic mass is 9.68. The summed E-state index contributed by atoms with van der Waals surface area (Å²) in [5.74, 6) is 0.572. The van der Waals surface area contributed by atoms with Crippen molar-refractivity contribution in [3.8, 4) is 0 Å². The number of hydrogen-bond donors (Lipinski definition) is 3. The van der Waals surface area contributed by atoms with Crippen LogP contribution in [0.2, 0.25) is 0 Å². The van der Waals surface area contributed by atoms with Crippen molar-refractivity contribution in [3.05, 3.63) is 0 Å². The molecule has 2 heterocycles. The lowest BCUT2D eigenvalue weighted by molar-refractivity contribution is -0.309. The SMILES string of the molecule is CC(C)(C)C12CSC(C(C)(C)C)(O1)C(O)C(O)C2O. The fraction of sp³-hybridized carbons (Fsp3) is 1.00. The summed E-state index contributed by atoms with van der Waals surface area (Å²) in [5, 5.41) is 31.2. The van der Waals surface area contributed by atoms with Crippen molar-refractivity contribution in [2.24, 2.45) is 10.8 Å². The summed E-state index contributed by atoms with van der Waals surface area (Å²) in [7, 11) is 0. The van der Waals surface area contributed by atoms with Crippen LogP contribution in [0.5, 0.6) is 0 Å². The number of rotatable bonds is 0. The number of thioether (sulfide) groups is 1. The van der Waals surface area contributed by atoms with E-state index in [1.165, 1.54) is 11.8 Å². The highest BCUT2D eigenvalue weighted by Crippen LogP contribution is 2.62. The molecule has 19 heavy (non-hydrogen) atoms. The lowest BCUT2D eigenvalue weighted by Crippen LogP contribution is -2.71. The van der Waals surface area contributed by atoms with Crippen molar-refractivity contribution in [1.82, 2.24) is 0 Å². The van der Waals surface area contributed by atoms with Gasteiger partial charge in [-0.25, -0.2) is 0 Å². The van der Waals surface area contributed by atoms with Gasteiger partial charge < -0.3 is 20.1 Å². The topological polar surface area (TPSA) is 69.9 Å². The molecule has 4 nitrogen and oxygen atoms in total. The van der Waals surface area contributed by atoms with E-state index < -0.39 is 28.8 Å². The molecular formula is C14H26O4S. The number of aliphatic hydroxyl groups is 3. The fourth-order valence-corrected chi connectivity index (χ4v) is 5.18. The minimum Gasteiger partial charge on any atom is -0.387 e. The Balaban J connectivity index is 2.54. The number of aliphatic hydroxyl groups excluding tert-OH is 3. The Labute approximate surface area is 119 Å². The van der Waals surface area contributed by atoms with Gasteiger partial charge in [-0.1, -0.05) is 41.5 Å². The van der Waals surface area contributed by atoms with Crippen LogP contribution in [0, 0.1) is 10.8 Å². The predicted molar refractivity (Wildman–Crippen MR) is 75.9 cm³/mol.